The van der Waals surface area contributed by atoms with Crippen LogP contribution in [0.25, 0.3) is 0 Å². The van der Waals surface area contributed by atoms with Crippen LogP contribution in [0.4, 0.5) is 5.69 Å². The van der Waals surface area contributed by atoms with Gasteiger partial charge in [0.15, 0.2) is 0 Å². The first kappa shape index (κ1) is 13.4. The molecule has 1 aliphatic carbocycles. The topological polar surface area (TPSA) is 29.1 Å². The largest absolute Gasteiger partial charge is 0.326 e. The van der Waals surface area contributed by atoms with Crippen LogP contribution in [-0.4, -0.2) is 5.91 Å². The van der Waals surface area contributed by atoms with Crippen molar-refractivity contribution >= 4 is 23.2 Å². The zero-order valence-corrected chi connectivity index (χ0v) is 11.7. The fourth-order valence-electron chi connectivity index (χ4n) is 2.20. The first-order chi connectivity index (χ1) is 8.56. The molecule has 2 nitrogen and oxygen atoms in total. The summed E-state index contributed by atoms with van der Waals surface area (Å²) in [5, 5.41) is 3.64. The molecule has 0 aliphatic heterocycles. The zero-order valence-electron chi connectivity index (χ0n) is 10.9. The molecule has 1 aliphatic rings. The summed E-state index contributed by atoms with van der Waals surface area (Å²) >= 11 is 5.80. The highest BCUT2D eigenvalue weighted by atomic mass is 35.5. The first-order valence-electron chi connectivity index (χ1n) is 6.62. The van der Waals surface area contributed by atoms with Crippen molar-refractivity contribution in [3.63, 3.8) is 0 Å². The van der Waals surface area contributed by atoms with Crippen molar-refractivity contribution < 1.29 is 4.79 Å². The molecule has 3 heteroatoms. The Kier molecular flexibility index (Phi) is 4.28. The fraction of sp³-hybridized carbons (Fsp3) is 0.533. The van der Waals surface area contributed by atoms with Crippen LogP contribution < -0.4 is 5.32 Å². The van der Waals surface area contributed by atoms with Crippen LogP contribution in [0.1, 0.15) is 33.1 Å². The number of hydrogen-bond acceptors (Lipinski definition) is 1. The van der Waals surface area contributed by atoms with Crippen LogP contribution in [0.3, 0.4) is 0 Å². The summed E-state index contributed by atoms with van der Waals surface area (Å²) in [6, 6.07) is 7.26. The molecule has 2 rings (SSSR count). The molecule has 98 valence electrons. The second-order valence-corrected chi connectivity index (χ2v) is 6.01. The molecular formula is C15H20ClNO. The van der Waals surface area contributed by atoms with Crippen molar-refractivity contribution in [1.82, 2.24) is 0 Å². The lowest BCUT2D eigenvalue weighted by Gasteiger charge is -2.06. The Morgan fingerprint density at radius 3 is 2.67 bits per heavy atom. The summed E-state index contributed by atoms with van der Waals surface area (Å²) in [4.78, 5) is 12.0. The smallest absolute Gasteiger partial charge is 0.227 e. The van der Waals surface area contributed by atoms with E-state index < -0.39 is 0 Å². The van der Waals surface area contributed by atoms with Crippen LogP contribution in [0, 0.1) is 17.8 Å². The monoisotopic (exact) mass is 265 g/mol. The average molecular weight is 266 g/mol. The van der Waals surface area contributed by atoms with E-state index in [4.69, 9.17) is 11.6 Å². The highest BCUT2D eigenvalue weighted by Crippen LogP contribution is 2.43. The fourth-order valence-corrected chi connectivity index (χ4v) is 2.33. The number of amides is 1. The standard InChI is InChI=1S/C15H20ClNO/c1-10(2)3-4-11-9-14(11)15(18)17-13-7-5-12(16)6-8-13/h5-8,10-11,14H,3-4,9H2,1-2H3,(H,17,18)/t11-,14-/m1/s1. The van der Waals surface area contributed by atoms with E-state index in [1.165, 1.54) is 12.8 Å². The summed E-state index contributed by atoms with van der Waals surface area (Å²) in [6.07, 6.45) is 3.44. The van der Waals surface area contributed by atoms with E-state index in [0.717, 1.165) is 18.0 Å². The van der Waals surface area contributed by atoms with Gasteiger partial charge >= 0.3 is 0 Å². The van der Waals surface area contributed by atoms with Crippen molar-refractivity contribution in [2.45, 2.75) is 33.1 Å². The molecule has 1 aromatic carbocycles. The number of carbonyl (C=O) groups is 1. The minimum atomic E-state index is 0.158. The quantitative estimate of drug-likeness (QED) is 0.843. The number of nitrogens with one attached hydrogen (secondary N) is 1. The number of benzene rings is 1. The third kappa shape index (κ3) is 3.74. The van der Waals surface area contributed by atoms with Gasteiger partial charge in [-0.3, -0.25) is 4.79 Å². The normalized spacial score (nSPS) is 22.0. The Morgan fingerprint density at radius 1 is 1.39 bits per heavy atom. The summed E-state index contributed by atoms with van der Waals surface area (Å²) in [5.41, 5.74) is 0.832. The van der Waals surface area contributed by atoms with Gasteiger partial charge in [-0.25, -0.2) is 0 Å². The van der Waals surface area contributed by atoms with Crippen LogP contribution in [0.2, 0.25) is 5.02 Å². The highest BCUT2D eigenvalue weighted by Gasteiger charge is 2.42. The number of carbonyl (C=O) groups excluding carboxylic acids is 1. The van der Waals surface area contributed by atoms with Crippen LogP contribution in [0.15, 0.2) is 24.3 Å². The molecule has 0 aromatic heterocycles. The molecule has 1 N–H and O–H groups in total. The van der Waals surface area contributed by atoms with Crippen molar-refractivity contribution in [3.8, 4) is 0 Å². The van der Waals surface area contributed by atoms with Gasteiger partial charge in [0.2, 0.25) is 5.91 Å². The van der Waals surface area contributed by atoms with Gasteiger partial charge in [-0.05, 0) is 48.9 Å². The molecular weight excluding hydrogens is 246 g/mol. The molecule has 18 heavy (non-hydrogen) atoms. The van der Waals surface area contributed by atoms with Gasteiger partial charge in [-0.2, -0.15) is 0 Å². The van der Waals surface area contributed by atoms with Gasteiger partial charge < -0.3 is 5.32 Å². The maximum Gasteiger partial charge on any atom is 0.227 e. The predicted molar refractivity (Wildman–Crippen MR) is 75.8 cm³/mol. The summed E-state index contributed by atoms with van der Waals surface area (Å²) < 4.78 is 0. The Hall–Kier alpha value is -1.02. The molecule has 0 spiro atoms. The van der Waals surface area contributed by atoms with Crippen molar-refractivity contribution in [1.29, 1.82) is 0 Å². The van der Waals surface area contributed by atoms with Crippen LogP contribution >= 0.6 is 11.6 Å². The van der Waals surface area contributed by atoms with Gasteiger partial charge in [-0.1, -0.05) is 31.9 Å². The third-order valence-corrected chi connectivity index (χ3v) is 3.74. The van der Waals surface area contributed by atoms with E-state index in [2.05, 4.69) is 19.2 Å². The molecule has 0 unspecified atom stereocenters. The zero-order chi connectivity index (χ0) is 13.1. The minimum Gasteiger partial charge on any atom is -0.326 e. The average Bonchev–Trinajstić information content (AvgIpc) is 3.09. The van der Waals surface area contributed by atoms with Gasteiger partial charge in [0, 0.05) is 16.6 Å². The second-order valence-electron chi connectivity index (χ2n) is 5.57. The van der Waals surface area contributed by atoms with E-state index in [0.29, 0.717) is 10.9 Å². The second kappa shape index (κ2) is 5.75. The Labute approximate surface area is 114 Å². The van der Waals surface area contributed by atoms with E-state index >= 15 is 0 Å². The van der Waals surface area contributed by atoms with Crippen molar-refractivity contribution in [2.24, 2.45) is 17.8 Å². The maximum absolute atomic E-state index is 12.0. The third-order valence-electron chi connectivity index (χ3n) is 3.49. The molecule has 0 heterocycles. The lowest BCUT2D eigenvalue weighted by Crippen LogP contribution is -2.14. The molecule has 0 saturated heterocycles. The molecule has 1 saturated carbocycles. The number of hydrogen-bond donors (Lipinski definition) is 1. The summed E-state index contributed by atoms with van der Waals surface area (Å²) in [7, 11) is 0. The van der Waals surface area contributed by atoms with Crippen LogP contribution in [0.5, 0.6) is 0 Å². The molecule has 1 amide bonds. The van der Waals surface area contributed by atoms with Crippen LogP contribution in [-0.2, 0) is 4.79 Å². The lowest BCUT2D eigenvalue weighted by molar-refractivity contribution is -0.117. The molecule has 0 radical (unpaired) electrons. The van der Waals surface area contributed by atoms with Gasteiger partial charge in [0.05, 0.1) is 0 Å². The van der Waals surface area contributed by atoms with Gasteiger partial charge in [0.1, 0.15) is 0 Å². The lowest BCUT2D eigenvalue weighted by atomic mass is 10.0. The maximum atomic E-state index is 12.0. The molecule has 1 fully saturated rings. The number of halogens is 1. The Bertz CT molecular complexity index is 413. The highest BCUT2D eigenvalue weighted by molar-refractivity contribution is 6.30. The number of anilines is 1. The predicted octanol–water partition coefficient (Wildman–Crippen LogP) is 4.35. The summed E-state index contributed by atoms with van der Waals surface area (Å²) in [6.45, 7) is 4.45. The van der Waals surface area contributed by atoms with Gasteiger partial charge in [0.25, 0.3) is 0 Å². The van der Waals surface area contributed by atoms with E-state index in [1.54, 1.807) is 12.1 Å². The molecule has 0 bridgehead atoms. The van der Waals surface area contributed by atoms with E-state index in [9.17, 15) is 4.79 Å². The van der Waals surface area contributed by atoms with Crippen molar-refractivity contribution in [2.75, 3.05) is 5.32 Å². The SMILES string of the molecule is CC(C)CC[C@@H]1C[C@H]1C(=O)Nc1ccc(Cl)cc1. The number of rotatable bonds is 5. The molecule has 2 atom stereocenters. The summed E-state index contributed by atoms with van der Waals surface area (Å²) in [5.74, 6) is 1.70. The van der Waals surface area contributed by atoms with Crippen molar-refractivity contribution in [3.05, 3.63) is 29.3 Å². The van der Waals surface area contributed by atoms with E-state index in [-0.39, 0.29) is 11.8 Å². The van der Waals surface area contributed by atoms with Gasteiger partial charge in [-0.15, -0.1) is 0 Å². The Balaban J connectivity index is 1.78. The molecule has 1 aromatic rings. The van der Waals surface area contributed by atoms with E-state index in [1.807, 2.05) is 12.1 Å². The first-order valence-corrected chi connectivity index (χ1v) is 7.00. The Morgan fingerprint density at radius 2 is 2.06 bits per heavy atom. The minimum absolute atomic E-state index is 0.158.